The van der Waals surface area contributed by atoms with Crippen LogP contribution in [0.25, 0.3) is 0 Å². The Morgan fingerprint density at radius 3 is 1.96 bits per heavy atom. The van der Waals surface area contributed by atoms with Gasteiger partial charge in [0.05, 0.1) is 12.6 Å². The van der Waals surface area contributed by atoms with Crippen LogP contribution in [0, 0.1) is 0 Å². The van der Waals surface area contributed by atoms with E-state index in [9.17, 15) is 0 Å². The Labute approximate surface area is 147 Å². The van der Waals surface area contributed by atoms with Gasteiger partial charge in [-0.1, -0.05) is 60.7 Å². The number of nitrogens with one attached hydrogen (secondary N) is 1. The first kappa shape index (κ1) is 16.9. The average molecular weight is 334 g/mol. The molecule has 25 heavy (non-hydrogen) atoms. The Morgan fingerprint density at radius 1 is 0.880 bits per heavy atom. The smallest absolute Gasteiger partial charge is 0.229 e. The van der Waals surface area contributed by atoms with Crippen molar-refractivity contribution in [2.75, 3.05) is 24.7 Å². The molecule has 1 heterocycles. The highest BCUT2D eigenvalue weighted by Crippen LogP contribution is 2.22. The first-order valence-corrected chi connectivity index (χ1v) is 8.14. The van der Waals surface area contributed by atoms with E-state index in [1.807, 2.05) is 55.4 Å². The number of benzene rings is 2. The summed E-state index contributed by atoms with van der Waals surface area (Å²) in [6.45, 7) is 0.488. The molecular weight excluding hydrogens is 312 g/mol. The second kappa shape index (κ2) is 7.72. The maximum absolute atomic E-state index is 5.81. The summed E-state index contributed by atoms with van der Waals surface area (Å²) < 4.78 is 0. The number of nitrogens with two attached hydrogens (primary N) is 1. The van der Waals surface area contributed by atoms with Crippen molar-refractivity contribution in [2.45, 2.75) is 12.6 Å². The first-order chi connectivity index (χ1) is 12.1. The zero-order valence-electron chi connectivity index (χ0n) is 14.4. The van der Waals surface area contributed by atoms with Crippen molar-refractivity contribution < 1.29 is 0 Å². The molecule has 3 aromatic rings. The van der Waals surface area contributed by atoms with Gasteiger partial charge in [-0.25, -0.2) is 0 Å². The zero-order chi connectivity index (χ0) is 17.6. The Kier molecular flexibility index (Phi) is 5.20. The van der Waals surface area contributed by atoms with Crippen molar-refractivity contribution in [1.82, 2.24) is 20.3 Å². The monoisotopic (exact) mass is 334 g/mol. The molecule has 0 radical (unpaired) electrons. The van der Waals surface area contributed by atoms with E-state index in [2.05, 4.69) is 44.5 Å². The van der Waals surface area contributed by atoms with Crippen molar-refractivity contribution >= 4 is 11.9 Å². The third-order valence-electron chi connectivity index (χ3n) is 3.82. The molecule has 0 saturated carbocycles. The minimum Gasteiger partial charge on any atom is -0.368 e. The number of nitrogen functional groups attached to an aromatic ring is 1. The topological polar surface area (TPSA) is 80.0 Å². The van der Waals surface area contributed by atoms with E-state index in [1.54, 1.807) is 0 Å². The predicted octanol–water partition coefficient (Wildman–Crippen LogP) is 2.40. The lowest BCUT2D eigenvalue weighted by molar-refractivity contribution is 0.585. The molecule has 3 N–H and O–H groups in total. The first-order valence-electron chi connectivity index (χ1n) is 8.14. The molecule has 0 bridgehead atoms. The van der Waals surface area contributed by atoms with Crippen LogP contribution in [-0.4, -0.2) is 29.0 Å². The van der Waals surface area contributed by atoms with Crippen LogP contribution >= 0.6 is 0 Å². The molecule has 0 saturated heterocycles. The van der Waals surface area contributed by atoms with Gasteiger partial charge in [-0.3, -0.25) is 5.32 Å². The summed E-state index contributed by atoms with van der Waals surface area (Å²) in [5, 5.41) is 3.54. The lowest BCUT2D eigenvalue weighted by Gasteiger charge is -2.20. The van der Waals surface area contributed by atoms with Crippen LogP contribution in [0.5, 0.6) is 0 Å². The van der Waals surface area contributed by atoms with E-state index in [4.69, 9.17) is 5.73 Å². The van der Waals surface area contributed by atoms with Crippen molar-refractivity contribution in [1.29, 1.82) is 0 Å². The van der Waals surface area contributed by atoms with Gasteiger partial charge in [-0.2, -0.15) is 15.0 Å². The summed E-state index contributed by atoms with van der Waals surface area (Å²) in [4.78, 5) is 14.6. The SMILES string of the molecule is CN(C)c1nc(N)nc(CNC(c2ccccc2)c2ccccc2)n1. The molecule has 6 heteroatoms. The van der Waals surface area contributed by atoms with Gasteiger partial charge in [0.15, 0.2) is 0 Å². The van der Waals surface area contributed by atoms with Gasteiger partial charge >= 0.3 is 0 Å². The summed E-state index contributed by atoms with van der Waals surface area (Å²) in [6, 6.07) is 20.7. The summed E-state index contributed by atoms with van der Waals surface area (Å²) >= 11 is 0. The molecule has 0 aliphatic rings. The molecular formula is C19H22N6. The summed E-state index contributed by atoms with van der Waals surface area (Å²) in [5.41, 5.74) is 8.18. The number of aromatic nitrogens is 3. The van der Waals surface area contributed by atoms with Crippen LogP contribution in [-0.2, 0) is 6.54 Å². The quantitative estimate of drug-likeness (QED) is 0.720. The van der Waals surface area contributed by atoms with Gasteiger partial charge in [0.25, 0.3) is 0 Å². The molecule has 0 unspecified atom stereocenters. The van der Waals surface area contributed by atoms with Gasteiger partial charge in [0, 0.05) is 14.1 Å². The maximum atomic E-state index is 5.81. The van der Waals surface area contributed by atoms with E-state index >= 15 is 0 Å². The highest BCUT2D eigenvalue weighted by Gasteiger charge is 2.14. The van der Waals surface area contributed by atoms with E-state index in [0.717, 1.165) is 0 Å². The molecule has 0 spiro atoms. The van der Waals surface area contributed by atoms with Crippen molar-refractivity contribution in [3.05, 3.63) is 77.6 Å². The molecule has 2 aromatic carbocycles. The fourth-order valence-electron chi connectivity index (χ4n) is 2.62. The van der Waals surface area contributed by atoms with E-state index in [0.29, 0.717) is 18.3 Å². The van der Waals surface area contributed by atoms with Crippen LogP contribution in [0.15, 0.2) is 60.7 Å². The standard InChI is InChI=1S/C19H22N6/c1-25(2)19-23-16(22-18(20)24-19)13-21-17(14-9-5-3-6-10-14)15-11-7-4-8-12-15/h3-12,17,21H,13H2,1-2H3,(H2,20,22,23,24). The maximum Gasteiger partial charge on any atom is 0.229 e. The lowest BCUT2D eigenvalue weighted by Crippen LogP contribution is -2.24. The molecule has 128 valence electrons. The fraction of sp³-hybridized carbons (Fsp3) is 0.211. The number of hydrogen-bond acceptors (Lipinski definition) is 6. The van der Waals surface area contributed by atoms with Crippen LogP contribution < -0.4 is 16.0 Å². The summed E-state index contributed by atoms with van der Waals surface area (Å²) in [5.74, 6) is 1.40. The number of hydrogen-bond donors (Lipinski definition) is 2. The second-order valence-electron chi connectivity index (χ2n) is 5.94. The van der Waals surface area contributed by atoms with Gasteiger partial charge in [0.1, 0.15) is 5.82 Å². The molecule has 0 atom stereocenters. The van der Waals surface area contributed by atoms with Crippen LogP contribution in [0.1, 0.15) is 23.0 Å². The Morgan fingerprint density at radius 2 is 1.44 bits per heavy atom. The van der Waals surface area contributed by atoms with Crippen molar-refractivity contribution in [3.63, 3.8) is 0 Å². The number of rotatable bonds is 6. The summed E-state index contributed by atoms with van der Waals surface area (Å²) in [6.07, 6.45) is 0. The lowest BCUT2D eigenvalue weighted by atomic mass is 9.99. The average Bonchev–Trinajstić information content (AvgIpc) is 2.63. The van der Waals surface area contributed by atoms with Crippen molar-refractivity contribution in [3.8, 4) is 0 Å². The fourth-order valence-corrected chi connectivity index (χ4v) is 2.62. The van der Waals surface area contributed by atoms with Gasteiger partial charge in [-0.05, 0) is 11.1 Å². The Hall–Kier alpha value is -2.99. The van der Waals surface area contributed by atoms with Crippen molar-refractivity contribution in [2.24, 2.45) is 0 Å². The third-order valence-corrected chi connectivity index (χ3v) is 3.82. The molecule has 0 fully saturated rings. The predicted molar refractivity (Wildman–Crippen MR) is 100 cm³/mol. The molecule has 0 aliphatic heterocycles. The molecule has 0 aliphatic carbocycles. The Bertz CT molecular complexity index is 765. The number of anilines is 2. The molecule has 0 amide bonds. The summed E-state index contributed by atoms with van der Waals surface area (Å²) in [7, 11) is 3.76. The minimum absolute atomic E-state index is 0.0446. The van der Waals surface area contributed by atoms with Gasteiger partial charge < -0.3 is 10.6 Å². The molecule has 6 nitrogen and oxygen atoms in total. The highest BCUT2D eigenvalue weighted by atomic mass is 15.3. The zero-order valence-corrected chi connectivity index (χ0v) is 14.4. The molecule has 3 rings (SSSR count). The number of nitrogens with zero attached hydrogens (tertiary/aromatic N) is 4. The van der Waals surface area contributed by atoms with Gasteiger partial charge in [-0.15, -0.1) is 0 Å². The van der Waals surface area contributed by atoms with E-state index in [-0.39, 0.29) is 12.0 Å². The van der Waals surface area contributed by atoms with Gasteiger partial charge in [0.2, 0.25) is 11.9 Å². The van der Waals surface area contributed by atoms with Crippen LogP contribution in [0.4, 0.5) is 11.9 Å². The van der Waals surface area contributed by atoms with E-state index in [1.165, 1.54) is 11.1 Å². The van der Waals surface area contributed by atoms with E-state index < -0.39 is 0 Å². The molecule has 1 aromatic heterocycles. The second-order valence-corrected chi connectivity index (χ2v) is 5.94. The third kappa shape index (κ3) is 4.30. The van der Waals surface area contributed by atoms with Crippen LogP contribution in [0.3, 0.4) is 0 Å². The van der Waals surface area contributed by atoms with Crippen LogP contribution in [0.2, 0.25) is 0 Å². The minimum atomic E-state index is 0.0446. The normalized spacial score (nSPS) is 10.8. The highest BCUT2D eigenvalue weighted by molar-refractivity contribution is 5.34. The largest absolute Gasteiger partial charge is 0.368 e. The Balaban J connectivity index is 1.85.